The van der Waals surface area contributed by atoms with Gasteiger partial charge in [-0.25, -0.2) is 8.42 Å². The molecule has 7 nitrogen and oxygen atoms in total. The van der Waals surface area contributed by atoms with Gasteiger partial charge in [-0.05, 0) is 45.8 Å². The minimum atomic E-state index is -5.24. The Hall–Kier alpha value is -0.340. The van der Waals surface area contributed by atoms with Crippen LogP contribution in [0.15, 0.2) is 4.99 Å². The van der Waals surface area contributed by atoms with Crippen LogP contribution in [-0.4, -0.2) is 80.9 Å². The van der Waals surface area contributed by atoms with E-state index >= 15 is 0 Å². The number of hydrogen-bond acceptors (Lipinski definition) is 4. The van der Waals surface area contributed by atoms with Crippen LogP contribution in [0.2, 0.25) is 0 Å². The Morgan fingerprint density at radius 1 is 1.18 bits per heavy atom. The van der Waals surface area contributed by atoms with Crippen LogP contribution < -0.4 is 10.6 Å². The third kappa shape index (κ3) is 8.57. The van der Waals surface area contributed by atoms with Gasteiger partial charge in [-0.3, -0.25) is 4.99 Å². The first-order valence-electron chi connectivity index (χ1n) is 9.49. The Balaban J connectivity index is 0.00000729. The van der Waals surface area contributed by atoms with E-state index in [1.54, 1.807) is 0 Å². The summed E-state index contributed by atoms with van der Waals surface area (Å²) in [6, 6.07) is -0.106. The van der Waals surface area contributed by atoms with Crippen LogP contribution in [0.1, 0.15) is 40.0 Å². The van der Waals surface area contributed by atoms with E-state index in [1.165, 1.54) is 0 Å². The van der Waals surface area contributed by atoms with Crippen molar-refractivity contribution in [1.82, 2.24) is 19.8 Å². The molecule has 0 radical (unpaired) electrons. The second-order valence-electron chi connectivity index (χ2n) is 6.41. The van der Waals surface area contributed by atoms with Gasteiger partial charge in [-0.2, -0.15) is 17.5 Å². The number of piperidine rings is 1. The van der Waals surface area contributed by atoms with Crippen molar-refractivity contribution in [3.8, 4) is 0 Å². The number of nitrogens with zero attached hydrogens (tertiary/aromatic N) is 3. The smallest absolute Gasteiger partial charge is 0.357 e. The summed E-state index contributed by atoms with van der Waals surface area (Å²) in [6.07, 6.45) is 1.53. The van der Waals surface area contributed by atoms with Crippen molar-refractivity contribution < 1.29 is 21.6 Å². The van der Waals surface area contributed by atoms with Crippen LogP contribution in [0.5, 0.6) is 0 Å². The summed E-state index contributed by atoms with van der Waals surface area (Å²) in [5, 5.41) is 6.33. The van der Waals surface area contributed by atoms with Crippen molar-refractivity contribution in [2.45, 2.75) is 51.6 Å². The molecule has 1 rings (SSSR count). The maximum atomic E-state index is 12.6. The molecule has 0 atom stereocenters. The molecule has 0 amide bonds. The summed E-state index contributed by atoms with van der Waals surface area (Å²) >= 11 is 0. The van der Waals surface area contributed by atoms with Crippen LogP contribution in [-0.2, 0) is 10.0 Å². The van der Waals surface area contributed by atoms with Gasteiger partial charge in [0, 0.05) is 32.2 Å². The van der Waals surface area contributed by atoms with Crippen LogP contribution in [0, 0.1) is 0 Å². The zero-order valence-corrected chi connectivity index (χ0v) is 19.9. The van der Waals surface area contributed by atoms with E-state index in [4.69, 9.17) is 0 Å². The van der Waals surface area contributed by atoms with Crippen molar-refractivity contribution in [2.24, 2.45) is 4.99 Å². The highest BCUT2D eigenvalue weighted by Crippen LogP contribution is 2.28. The Labute approximate surface area is 183 Å². The first kappa shape index (κ1) is 27.7. The third-order valence-electron chi connectivity index (χ3n) is 4.57. The Morgan fingerprint density at radius 3 is 2.21 bits per heavy atom. The highest BCUT2D eigenvalue weighted by Gasteiger charge is 2.50. The van der Waals surface area contributed by atoms with Crippen LogP contribution in [0.4, 0.5) is 13.2 Å². The fraction of sp³-hybridized carbons (Fsp3) is 0.938. The van der Waals surface area contributed by atoms with Gasteiger partial charge in [0.15, 0.2) is 5.96 Å². The van der Waals surface area contributed by atoms with Crippen molar-refractivity contribution in [3.05, 3.63) is 0 Å². The largest absolute Gasteiger partial charge is 0.511 e. The molecular weight excluding hydrogens is 510 g/mol. The molecular formula is C16H33F3IN5O2S. The summed E-state index contributed by atoms with van der Waals surface area (Å²) < 4.78 is 61.3. The highest BCUT2D eigenvalue weighted by molar-refractivity contribution is 14.0. The molecule has 1 heterocycles. The van der Waals surface area contributed by atoms with Crippen LogP contribution >= 0.6 is 24.0 Å². The average Bonchev–Trinajstić information content (AvgIpc) is 2.61. The Bertz CT molecular complexity index is 563. The summed E-state index contributed by atoms with van der Waals surface area (Å²) in [6.45, 7) is 10.1. The lowest BCUT2D eigenvalue weighted by Crippen LogP contribution is -2.51. The standard InChI is InChI=1S/C16H32F3N5O2S.HI/c1-4-20-15(21-10-7-11-23(5-2)6-3)22-14-8-12-24(13-9-14)27(25,26)16(17,18)19;/h14H,4-13H2,1-3H3,(H2,20,21,22);1H. The monoisotopic (exact) mass is 543 g/mol. The molecule has 0 aromatic rings. The van der Waals surface area contributed by atoms with E-state index in [0.29, 0.717) is 36.2 Å². The molecule has 28 heavy (non-hydrogen) atoms. The lowest BCUT2D eigenvalue weighted by Gasteiger charge is -2.32. The molecule has 1 aliphatic heterocycles. The second kappa shape index (κ2) is 13.1. The van der Waals surface area contributed by atoms with E-state index < -0.39 is 15.5 Å². The summed E-state index contributed by atoms with van der Waals surface area (Å²) in [5.41, 5.74) is -5.24. The van der Waals surface area contributed by atoms with E-state index in [9.17, 15) is 21.6 Å². The van der Waals surface area contributed by atoms with Crippen molar-refractivity contribution in [1.29, 1.82) is 0 Å². The lowest BCUT2D eigenvalue weighted by molar-refractivity contribution is -0.0494. The maximum absolute atomic E-state index is 12.6. The number of sulfonamides is 1. The zero-order chi connectivity index (χ0) is 20.5. The molecule has 0 saturated carbocycles. The lowest BCUT2D eigenvalue weighted by atomic mass is 10.1. The molecule has 0 aromatic heterocycles. The number of aliphatic imine (C=N–C) groups is 1. The predicted molar refractivity (Wildman–Crippen MR) is 117 cm³/mol. The fourth-order valence-electron chi connectivity index (χ4n) is 2.93. The third-order valence-corrected chi connectivity index (χ3v) is 6.20. The molecule has 0 spiro atoms. The number of nitrogens with one attached hydrogen (secondary N) is 2. The number of halogens is 4. The quantitative estimate of drug-likeness (QED) is 0.202. The number of hydrogen-bond donors (Lipinski definition) is 2. The predicted octanol–water partition coefficient (Wildman–Crippen LogP) is 2.21. The molecule has 0 bridgehead atoms. The molecule has 1 fully saturated rings. The van der Waals surface area contributed by atoms with E-state index in [1.807, 2.05) is 6.92 Å². The molecule has 1 saturated heterocycles. The van der Waals surface area contributed by atoms with Gasteiger partial charge in [0.1, 0.15) is 0 Å². The first-order chi connectivity index (χ1) is 12.7. The molecule has 1 aliphatic rings. The van der Waals surface area contributed by atoms with Gasteiger partial charge >= 0.3 is 15.5 Å². The van der Waals surface area contributed by atoms with Gasteiger partial charge in [0.2, 0.25) is 0 Å². The molecule has 0 unspecified atom stereocenters. The number of guanidine groups is 1. The summed E-state index contributed by atoms with van der Waals surface area (Å²) in [7, 11) is -5.24. The maximum Gasteiger partial charge on any atom is 0.511 e. The minimum Gasteiger partial charge on any atom is -0.357 e. The van der Waals surface area contributed by atoms with Crippen LogP contribution in [0.25, 0.3) is 0 Å². The molecule has 0 aromatic carbocycles. The van der Waals surface area contributed by atoms with Crippen LogP contribution in [0.3, 0.4) is 0 Å². The highest BCUT2D eigenvalue weighted by atomic mass is 127. The summed E-state index contributed by atoms with van der Waals surface area (Å²) in [5.74, 6) is 0.620. The van der Waals surface area contributed by atoms with Gasteiger partial charge in [-0.15, -0.1) is 24.0 Å². The topological polar surface area (TPSA) is 77.0 Å². The molecule has 168 valence electrons. The van der Waals surface area contributed by atoms with E-state index in [2.05, 4.69) is 34.4 Å². The Kier molecular flexibility index (Phi) is 12.9. The number of rotatable bonds is 9. The van der Waals surface area contributed by atoms with Gasteiger partial charge < -0.3 is 15.5 Å². The SMILES string of the molecule is CCNC(=NCCCN(CC)CC)NC1CCN(S(=O)(=O)C(F)(F)F)CC1.I. The molecule has 0 aliphatic carbocycles. The van der Waals surface area contributed by atoms with Gasteiger partial charge in [0.25, 0.3) is 0 Å². The van der Waals surface area contributed by atoms with Gasteiger partial charge in [-0.1, -0.05) is 13.8 Å². The molecule has 12 heteroatoms. The van der Waals surface area contributed by atoms with Gasteiger partial charge in [0.05, 0.1) is 0 Å². The zero-order valence-electron chi connectivity index (χ0n) is 16.8. The van der Waals surface area contributed by atoms with Crippen molar-refractivity contribution in [2.75, 3.05) is 45.8 Å². The average molecular weight is 543 g/mol. The fourth-order valence-corrected chi connectivity index (χ4v) is 3.91. The second-order valence-corrected chi connectivity index (χ2v) is 8.34. The minimum absolute atomic E-state index is 0. The Morgan fingerprint density at radius 2 is 1.75 bits per heavy atom. The van der Waals surface area contributed by atoms with E-state index in [0.717, 1.165) is 26.1 Å². The summed E-state index contributed by atoms with van der Waals surface area (Å²) in [4.78, 5) is 6.82. The normalized spacial score (nSPS) is 17.5. The van der Waals surface area contributed by atoms with E-state index in [-0.39, 0.29) is 43.1 Å². The first-order valence-corrected chi connectivity index (χ1v) is 10.9. The van der Waals surface area contributed by atoms with Crippen molar-refractivity contribution in [3.63, 3.8) is 0 Å². The molecule has 2 N–H and O–H groups in total. The van der Waals surface area contributed by atoms with Crippen molar-refractivity contribution >= 4 is 40.0 Å². The number of alkyl halides is 3.